The molecule has 0 unspecified atom stereocenters. The molecule has 29 heavy (non-hydrogen) atoms. The first kappa shape index (κ1) is 18.1. The lowest BCUT2D eigenvalue weighted by Crippen LogP contribution is -2.44. The number of aromatic amines is 1. The standard InChI is InChI=1S/C19H20N6O3S/c1-12-11-28-8-7-24(12)19-15-10-22-25(29(2,26)27)17(15)9-16(23-19)13-3-5-20-18-14(13)4-6-21-18/h3-6,9-10,12H,7-8,11H2,1-2H3,(H,20,21)/t12-/m1/s1. The van der Waals surface area contributed by atoms with Gasteiger partial charge in [0, 0.05) is 29.9 Å². The monoisotopic (exact) mass is 412 g/mol. The van der Waals surface area contributed by atoms with Crippen molar-refractivity contribution in [3.8, 4) is 11.3 Å². The third kappa shape index (κ3) is 2.95. The van der Waals surface area contributed by atoms with Crippen LogP contribution in [0.1, 0.15) is 6.92 Å². The van der Waals surface area contributed by atoms with Crippen molar-refractivity contribution in [2.45, 2.75) is 13.0 Å². The van der Waals surface area contributed by atoms with Crippen LogP contribution in [0.5, 0.6) is 0 Å². The Labute approximate surface area is 167 Å². The zero-order valence-corrected chi connectivity index (χ0v) is 16.8. The van der Waals surface area contributed by atoms with Gasteiger partial charge < -0.3 is 14.6 Å². The van der Waals surface area contributed by atoms with Gasteiger partial charge >= 0.3 is 0 Å². The quantitative estimate of drug-likeness (QED) is 0.549. The van der Waals surface area contributed by atoms with Crippen molar-refractivity contribution in [1.82, 2.24) is 24.1 Å². The van der Waals surface area contributed by atoms with Crippen LogP contribution in [0.4, 0.5) is 5.82 Å². The van der Waals surface area contributed by atoms with Crippen molar-refractivity contribution in [2.24, 2.45) is 0 Å². The van der Waals surface area contributed by atoms with Crippen LogP contribution in [0.15, 0.2) is 36.8 Å². The molecule has 5 heterocycles. The number of pyridine rings is 2. The third-order valence-corrected chi connectivity index (χ3v) is 6.12. The van der Waals surface area contributed by atoms with Crippen LogP contribution in [0.3, 0.4) is 0 Å². The van der Waals surface area contributed by atoms with E-state index in [0.29, 0.717) is 42.2 Å². The molecule has 0 spiro atoms. The Bertz CT molecular complexity index is 1330. The minimum Gasteiger partial charge on any atom is -0.377 e. The highest BCUT2D eigenvalue weighted by molar-refractivity contribution is 7.89. The molecule has 9 nitrogen and oxygen atoms in total. The number of hydrogen-bond donors (Lipinski definition) is 1. The summed E-state index contributed by atoms with van der Waals surface area (Å²) in [6.45, 7) is 3.92. The predicted molar refractivity (Wildman–Crippen MR) is 110 cm³/mol. The number of H-pyrrole nitrogens is 1. The van der Waals surface area contributed by atoms with Crippen LogP contribution in [0.25, 0.3) is 33.2 Å². The summed E-state index contributed by atoms with van der Waals surface area (Å²) in [6, 6.07) is 5.72. The maximum atomic E-state index is 12.3. The van der Waals surface area contributed by atoms with Gasteiger partial charge in [-0.25, -0.2) is 18.4 Å². The van der Waals surface area contributed by atoms with Crippen LogP contribution in [-0.2, 0) is 14.8 Å². The maximum Gasteiger partial charge on any atom is 0.251 e. The Kier molecular flexibility index (Phi) is 4.07. The lowest BCUT2D eigenvalue weighted by atomic mass is 10.1. The van der Waals surface area contributed by atoms with E-state index in [4.69, 9.17) is 9.72 Å². The molecule has 1 fully saturated rings. The van der Waals surface area contributed by atoms with Gasteiger partial charge in [-0.1, -0.05) is 0 Å². The third-order valence-electron chi connectivity index (χ3n) is 5.20. The number of aromatic nitrogens is 5. The van der Waals surface area contributed by atoms with Crippen LogP contribution in [0, 0.1) is 0 Å². The smallest absolute Gasteiger partial charge is 0.251 e. The van der Waals surface area contributed by atoms with Gasteiger partial charge in [-0.15, -0.1) is 0 Å². The Hall–Kier alpha value is -2.98. The first-order valence-corrected chi connectivity index (χ1v) is 11.1. The molecule has 0 amide bonds. The van der Waals surface area contributed by atoms with Gasteiger partial charge in [-0.3, -0.25) is 0 Å². The number of anilines is 1. The zero-order valence-electron chi connectivity index (χ0n) is 16.0. The normalized spacial score (nSPS) is 18.0. The second-order valence-corrected chi connectivity index (χ2v) is 9.04. The van der Waals surface area contributed by atoms with Crippen molar-refractivity contribution < 1.29 is 13.2 Å². The van der Waals surface area contributed by atoms with E-state index in [0.717, 1.165) is 26.9 Å². The minimum absolute atomic E-state index is 0.112. The molecular formula is C19H20N6O3S. The van der Waals surface area contributed by atoms with E-state index in [-0.39, 0.29) is 6.04 Å². The topological polar surface area (TPSA) is 106 Å². The van der Waals surface area contributed by atoms with Crippen LogP contribution >= 0.6 is 0 Å². The molecule has 0 radical (unpaired) electrons. The second kappa shape index (κ2) is 6.53. The molecule has 0 aromatic carbocycles. The number of rotatable bonds is 3. The SMILES string of the molecule is C[C@@H]1COCCN1c1nc(-c2ccnc3[nH]ccc23)cc2c1cnn2S(C)(=O)=O. The van der Waals surface area contributed by atoms with Crippen LogP contribution in [-0.4, -0.2) is 64.6 Å². The largest absolute Gasteiger partial charge is 0.377 e. The molecule has 0 bridgehead atoms. The molecule has 1 N–H and O–H groups in total. The summed E-state index contributed by atoms with van der Waals surface area (Å²) in [5, 5.41) is 5.77. The summed E-state index contributed by atoms with van der Waals surface area (Å²) < 4.78 is 31.3. The summed E-state index contributed by atoms with van der Waals surface area (Å²) >= 11 is 0. The fourth-order valence-electron chi connectivity index (χ4n) is 3.83. The first-order chi connectivity index (χ1) is 13.9. The van der Waals surface area contributed by atoms with Crippen molar-refractivity contribution >= 4 is 37.8 Å². The summed E-state index contributed by atoms with van der Waals surface area (Å²) in [5.74, 6) is 0.712. The van der Waals surface area contributed by atoms with E-state index >= 15 is 0 Å². The van der Waals surface area contributed by atoms with E-state index in [1.807, 2.05) is 18.3 Å². The van der Waals surface area contributed by atoms with Crippen molar-refractivity contribution in [3.05, 3.63) is 36.8 Å². The van der Waals surface area contributed by atoms with Crippen molar-refractivity contribution in [1.29, 1.82) is 0 Å². The lowest BCUT2D eigenvalue weighted by molar-refractivity contribution is 0.0987. The summed E-state index contributed by atoms with van der Waals surface area (Å²) in [7, 11) is -3.56. The molecule has 0 aliphatic carbocycles. The van der Waals surface area contributed by atoms with E-state index in [9.17, 15) is 8.42 Å². The minimum atomic E-state index is -3.56. The van der Waals surface area contributed by atoms with E-state index < -0.39 is 10.0 Å². The second-order valence-electron chi connectivity index (χ2n) is 7.23. The molecule has 1 atom stereocenters. The predicted octanol–water partition coefficient (Wildman–Crippen LogP) is 2.01. The van der Waals surface area contributed by atoms with Gasteiger partial charge in [-0.05, 0) is 25.1 Å². The highest BCUT2D eigenvalue weighted by atomic mass is 32.2. The van der Waals surface area contributed by atoms with Crippen LogP contribution < -0.4 is 4.90 Å². The average molecular weight is 412 g/mol. The van der Waals surface area contributed by atoms with Gasteiger partial charge in [0.25, 0.3) is 10.0 Å². The Morgan fingerprint density at radius 1 is 1.28 bits per heavy atom. The molecule has 0 saturated carbocycles. The van der Waals surface area contributed by atoms with Crippen molar-refractivity contribution in [2.75, 3.05) is 30.9 Å². The fraction of sp³-hybridized carbons (Fsp3) is 0.316. The number of nitrogens with one attached hydrogen (secondary N) is 1. The molecule has 150 valence electrons. The zero-order chi connectivity index (χ0) is 20.2. The van der Waals surface area contributed by atoms with Gasteiger partial charge in [0.1, 0.15) is 11.5 Å². The number of morpholine rings is 1. The highest BCUT2D eigenvalue weighted by Crippen LogP contribution is 2.34. The average Bonchev–Trinajstić information content (AvgIpc) is 3.34. The van der Waals surface area contributed by atoms with E-state index in [1.54, 1.807) is 18.5 Å². The Morgan fingerprint density at radius 2 is 2.14 bits per heavy atom. The number of nitrogens with zero attached hydrogens (tertiary/aromatic N) is 5. The maximum absolute atomic E-state index is 12.3. The summed E-state index contributed by atoms with van der Waals surface area (Å²) in [5.41, 5.74) is 2.80. The molecule has 1 saturated heterocycles. The van der Waals surface area contributed by atoms with Gasteiger partial charge in [0.2, 0.25) is 0 Å². The molecule has 4 aromatic rings. The number of fused-ring (bicyclic) bond motifs is 2. The Balaban J connectivity index is 1.82. The lowest BCUT2D eigenvalue weighted by Gasteiger charge is -2.34. The fourth-order valence-corrected chi connectivity index (χ4v) is 4.56. The Morgan fingerprint density at radius 3 is 2.93 bits per heavy atom. The van der Waals surface area contributed by atoms with Crippen molar-refractivity contribution in [3.63, 3.8) is 0 Å². The van der Waals surface area contributed by atoms with Gasteiger partial charge in [-0.2, -0.15) is 9.19 Å². The van der Waals surface area contributed by atoms with Gasteiger partial charge in [0.05, 0.1) is 48.3 Å². The number of ether oxygens (including phenoxy) is 1. The molecule has 4 aromatic heterocycles. The highest BCUT2D eigenvalue weighted by Gasteiger charge is 2.26. The summed E-state index contributed by atoms with van der Waals surface area (Å²) in [6.07, 6.45) is 6.26. The van der Waals surface area contributed by atoms with Gasteiger partial charge in [0.15, 0.2) is 0 Å². The molecule has 10 heteroatoms. The molecular weight excluding hydrogens is 392 g/mol. The van der Waals surface area contributed by atoms with Crippen LogP contribution in [0.2, 0.25) is 0 Å². The van der Waals surface area contributed by atoms with E-state index in [1.165, 1.54) is 0 Å². The molecule has 1 aliphatic rings. The summed E-state index contributed by atoms with van der Waals surface area (Å²) in [4.78, 5) is 14.5. The first-order valence-electron chi connectivity index (χ1n) is 9.29. The number of hydrogen-bond acceptors (Lipinski definition) is 7. The molecule has 5 rings (SSSR count). The molecule has 1 aliphatic heterocycles. The van der Waals surface area contributed by atoms with E-state index in [2.05, 4.69) is 26.9 Å².